The van der Waals surface area contributed by atoms with Gasteiger partial charge in [0.25, 0.3) is 0 Å². The molecule has 1 saturated carbocycles. The number of ketones is 2. The van der Waals surface area contributed by atoms with Gasteiger partial charge in [0.05, 0.1) is 25.4 Å². The summed E-state index contributed by atoms with van der Waals surface area (Å²) in [6, 6.07) is 11.6. The van der Waals surface area contributed by atoms with Crippen molar-refractivity contribution in [2.24, 2.45) is 17.8 Å². The molecule has 1 saturated heterocycles. The molecule has 5 rings (SSSR count). The van der Waals surface area contributed by atoms with Crippen LogP contribution in [0.5, 0.6) is 11.5 Å². The maximum Gasteiger partial charge on any atom is 0.166 e. The Labute approximate surface area is 200 Å². The van der Waals surface area contributed by atoms with Crippen molar-refractivity contribution in [3.63, 3.8) is 0 Å². The van der Waals surface area contributed by atoms with E-state index in [0.29, 0.717) is 60.7 Å². The van der Waals surface area contributed by atoms with Crippen LogP contribution in [0.15, 0.2) is 36.4 Å². The third kappa shape index (κ3) is 4.25. The molecule has 0 amide bonds. The molecule has 2 aromatic carbocycles. The molecule has 2 heterocycles. The summed E-state index contributed by atoms with van der Waals surface area (Å²) >= 11 is 0. The van der Waals surface area contributed by atoms with Crippen molar-refractivity contribution in [1.82, 2.24) is 0 Å². The third-order valence-corrected chi connectivity index (χ3v) is 7.49. The molecule has 2 aliphatic heterocycles. The lowest BCUT2D eigenvalue weighted by Crippen LogP contribution is -2.15. The maximum absolute atomic E-state index is 13.3. The molecule has 1 aliphatic carbocycles. The van der Waals surface area contributed by atoms with Gasteiger partial charge in [-0.1, -0.05) is 19.1 Å². The van der Waals surface area contributed by atoms with Gasteiger partial charge in [0.2, 0.25) is 0 Å². The summed E-state index contributed by atoms with van der Waals surface area (Å²) in [6.07, 6.45) is 0.707. The summed E-state index contributed by atoms with van der Waals surface area (Å²) in [5, 5.41) is 0. The molecule has 180 valence electrons. The third-order valence-electron chi connectivity index (χ3n) is 7.49. The summed E-state index contributed by atoms with van der Waals surface area (Å²) in [5.74, 6) is 2.82. The molecule has 0 aromatic heterocycles. The second kappa shape index (κ2) is 9.51. The number of rotatable bonds is 10. The molecule has 2 fully saturated rings. The standard InChI is InChI=1S/C28H32O6/c1-4-25(29)21-11-18(26(30)13-20-23-14-32-15-24(20)23)12-22-27(16(2)34-28(21)22)17-6-5-7-19(10-17)33-9-8-31-3/h5-7,10-12,16,20,23-24,27H,4,8-9,13-15H2,1-3H3/t16-,20?,23-,24+,27+/m0/s1. The van der Waals surface area contributed by atoms with Gasteiger partial charge >= 0.3 is 0 Å². The molecular formula is C28H32O6. The van der Waals surface area contributed by atoms with E-state index in [2.05, 4.69) is 0 Å². The van der Waals surface area contributed by atoms with Gasteiger partial charge in [0, 0.05) is 37.0 Å². The molecule has 0 spiro atoms. The Morgan fingerprint density at radius 3 is 2.59 bits per heavy atom. The number of methoxy groups -OCH3 is 1. The van der Waals surface area contributed by atoms with Crippen LogP contribution in [0.4, 0.5) is 0 Å². The Bertz CT molecular complexity index is 1080. The van der Waals surface area contributed by atoms with Crippen LogP contribution in [0.3, 0.4) is 0 Å². The number of benzene rings is 2. The largest absolute Gasteiger partial charge is 0.491 e. The van der Waals surface area contributed by atoms with Gasteiger partial charge in [-0.15, -0.1) is 0 Å². The van der Waals surface area contributed by atoms with Gasteiger partial charge in [0.1, 0.15) is 24.2 Å². The highest BCUT2D eigenvalue weighted by Crippen LogP contribution is 2.53. The summed E-state index contributed by atoms with van der Waals surface area (Å²) in [5.41, 5.74) is 3.07. The first kappa shape index (κ1) is 23.1. The summed E-state index contributed by atoms with van der Waals surface area (Å²) < 4.78 is 22.6. The molecule has 2 aromatic rings. The zero-order chi connectivity index (χ0) is 23.8. The Morgan fingerprint density at radius 2 is 1.85 bits per heavy atom. The first-order valence-electron chi connectivity index (χ1n) is 12.2. The zero-order valence-electron chi connectivity index (χ0n) is 20.0. The van der Waals surface area contributed by atoms with E-state index in [1.54, 1.807) is 13.2 Å². The first-order chi connectivity index (χ1) is 16.5. The van der Waals surface area contributed by atoms with Crippen LogP contribution in [0.1, 0.15) is 64.4 Å². The van der Waals surface area contributed by atoms with Gasteiger partial charge in [-0.2, -0.15) is 0 Å². The van der Waals surface area contributed by atoms with Crippen molar-refractivity contribution in [3.8, 4) is 11.5 Å². The predicted molar refractivity (Wildman–Crippen MR) is 127 cm³/mol. The summed E-state index contributed by atoms with van der Waals surface area (Å²) in [7, 11) is 1.64. The molecule has 6 heteroatoms. The van der Waals surface area contributed by atoms with Crippen LogP contribution in [0.25, 0.3) is 0 Å². The van der Waals surface area contributed by atoms with Crippen molar-refractivity contribution < 1.29 is 28.5 Å². The van der Waals surface area contributed by atoms with E-state index in [4.69, 9.17) is 18.9 Å². The summed E-state index contributed by atoms with van der Waals surface area (Å²) in [6.45, 7) is 6.36. The van der Waals surface area contributed by atoms with Crippen LogP contribution in [-0.2, 0) is 9.47 Å². The topological polar surface area (TPSA) is 71.1 Å². The Balaban J connectivity index is 1.47. The van der Waals surface area contributed by atoms with Crippen molar-refractivity contribution >= 4 is 11.6 Å². The molecule has 1 unspecified atom stereocenters. The Morgan fingerprint density at radius 1 is 1.06 bits per heavy atom. The van der Waals surface area contributed by atoms with Crippen LogP contribution < -0.4 is 9.47 Å². The highest BCUT2D eigenvalue weighted by Gasteiger charge is 2.54. The first-order valence-corrected chi connectivity index (χ1v) is 12.2. The monoisotopic (exact) mass is 464 g/mol. The lowest BCUT2D eigenvalue weighted by atomic mass is 9.85. The number of Topliss-reactive ketones (excluding diaryl/α,β-unsaturated/α-hetero) is 2. The Hall–Kier alpha value is -2.70. The van der Waals surface area contributed by atoms with Gasteiger partial charge in [-0.25, -0.2) is 0 Å². The van der Waals surface area contributed by atoms with E-state index in [9.17, 15) is 9.59 Å². The van der Waals surface area contributed by atoms with E-state index in [-0.39, 0.29) is 23.6 Å². The smallest absolute Gasteiger partial charge is 0.166 e. The fourth-order valence-electron chi connectivity index (χ4n) is 5.56. The van der Waals surface area contributed by atoms with Crippen molar-refractivity contribution in [3.05, 3.63) is 58.7 Å². The van der Waals surface area contributed by atoms with Gasteiger partial charge in [-0.05, 0) is 54.5 Å². The highest BCUT2D eigenvalue weighted by atomic mass is 16.5. The van der Waals surface area contributed by atoms with Crippen LogP contribution in [-0.4, -0.2) is 51.2 Å². The van der Waals surface area contributed by atoms with Crippen LogP contribution >= 0.6 is 0 Å². The molecule has 3 aliphatic rings. The average Bonchev–Trinajstić information content (AvgIpc) is 3.15. The van der Waals surface area contributed by atoms with Gasteiger partial charge < -0.3 is 18.9 Å². The van der Waals surface area contributed by atoms with E-state index in [1.165, 1.54) is 0 Å². The minimum atomic E-state index is -0.169. The molecule has 0 N–H and O–H groups in total. The fraction of sp³-hybridized carbons (Fsp3) is 0.500. The number of carbonyl (C=O) groups excluding carboxylic acids is 2. The van der Waals surface area contributed by atoms with Crippen molar-refractivity contribution in [1.29, 1.82) is 0 Å². The number of ether oxygens (including phenoxy) is 4. The van der Waals surface area contributed by atoms with Crippen molar-refractivity contribution in [2.75, 3.05) is 33.5 Å². The predicted octanol–water partition coefficient (Wildman–Crippen LogP) is 4.68. The zero-order valence-corrected chi connectivity index (χ0v) is 20.0. The summed E-state index contributed by atoms with van der Waals surface area (Å²) in [4.78, 5) is 26.1. The number of carbonyl (C=O) groups is 2. The molecule has 6 nitrogen and oxygen atoms in total. The average molecular weight is 465 g/mol. The number of hydrogen-bond acceptors (Lipinski definition) is 6. The highest BCUT2D eigenvalue weighted by molar-refractivity contribution is 6.04. The minimum absolute atomic E-state index is 0.00732. The second-order valence-corrected chi connectivity index (χ2v) is 9.59. The molecule has 34 heavy (non-hydrogen) atoms. The van der Waals surface area contributed by atoms with Crippen LogP contribution in [0, 0.1) is 17.8 Å². The van der Waals surface area contributed by atoms with Gasteiger partial charge in [0.15, 0.2) is 11.6 Å². The lowest BCUT2D eigenvalue weighted by molar-refractivity contribution is 0.0950. The van der Waals surface area contributed by atoms with Gasteiger partial charge in [-0.3, -0.25) is 9.59 Å². The number of fused-ring (bicyclic) bond motifs is 2. The van der Waals surface area contributed by atoms with E-state index < -0.39 is 0 Å². The van der Waals surface area contributed by atoms with E-state index in [0.717, 1.165) is 30.1 Å². The van der Waals surface area contributed by atoms with Crippen LogP contribution in [0.2, 0.25) is 0 Å². The molecular weight excluding hydrogens is 432 g/mol. The van der Waals surface area contributed by atoms with Crippen molar-refractivity contribution in [2.45, 2.75) is 38.7 Å². The molecule has 0 bridgehead atoms. The molecule has 5 atom stereocenters. The quantitative estimate of drug-likeness (QED) is 0.376. The second-order valence-electron chi connectivity index (χ2n) is 9.59. The lowest BCUT2D eigenvalue weighted by Gasteiger charge is -2.17. The minimum Gasteiger partial charge on any atom is -0.491 e. The molecule has 0 radical (unpaired) electrons. The number of hydrogen-bond donors (Lipinski definition) is 0. The normalized spacial score (nSPS) is 26.5. The SMILES string of the molecule is CCC(=O)c1cc(C(=O)CC2[C@H]3COC[C@@H]23)cc2c1O[C@@H](C)[C@@H]2c1cccc(OCCOC)c1. The maximum atomic E-state index is 13.3. The van der Waals surface area contributed by atoms with E-state index >= 15 is 0 Å². The fourth-order valence-corrected chi connectivity index (χ4v) is 5.56. The Kier molecular flexibility index (Phi) is 6.45. The van der Waals surface area contributed by atoms with E-state index in [1.807, 2.05) is 44.2 Å².